The van der Waals surface area contributed by atoms with Gasteiger partial charge in [0.15, 0.2) is 5.11 Å². The Morgan fingerprint density at radius 2 is 1.75 bits per heavy atom. The lowest BCUT2D eigenvalue weighted by molar-refractivity contribution is 0.340. The minimum Gasteiger partial charge on any atom is -0.378 e. The van der Waals surface area contributed by atoms with E-state index in [4.69, 9.17) is 17.2 Å². The van der Waals surface area contributed by atoms with Crippen LogP contribution in [-0.4, -0.2) is 28.8 Å². The first-order valence-corrected chi connectivity index (χ1v) is 12.0. The zero-order valence-electron chi connectivity index (χ0n) is 18.8. The van der Waals surface area contributed by atoms with Crippen LogP contribution < -0.4 is 15.1 Å². The molecule has 1 saturated heterocycles. The number of thiocarbonyl (C=S) groups is 1. The van der Waals surface area contributed by atoms with Gasteiger partial charge in [0.25, 0.3) is 0 Å². The minimum atomic E-state index is -0.00512. The number of hydrogen-bond acceptors (Lipinski definition) is 3. The fourth-order valence-electron chi connectivity index (χ4n) is 5.19. The highest BCUT2D eigenvalue weighted by molar-refractivity contribution is 7.80. The lowest BCUT2D eigenvalue weighted by Gasteiger charge is -2.32. The van der Waals surface area contributed by atoms with Crippen molar-refractivity contribution in [1.29, 1.82) is 0 Å². The molecular formula is C26H31N5S. The van der Waals surface area contributed by atoms with Gasteiger partial charge in [-0.3, -0.25) is 4.98 Å². The normalized spacial score (nSPS) is 21.6. The van der Waals surface area contributed by atoms with Gasteiger partial charge in [0.05, 0.1) is 11.7 Å². The first kappa shape index (κ1) is 21.0. The molecule has 0 bridgehead atoms. The van der Waals surface area contributed by atoms with Crippen molar-refractivity contribution in [2.24, 2.45) is 0 Å². The van der Waals surface area contributed by atoms with Crippen LogP contribution in [-0.2, 0) is 0 Å². The van der Waals surface area contributed by atoms with Gasteiger partial charge in [-0.1, -0.05) is 25.3 Å². The van der Waals surface area contributed by atoms with E-state index < -0.39 is 0 Å². The molecule has 0 radical (unpaired) electrons. The lowest BCUT2D eigenvalue weighted by Crippen LogP contribution is -2.31. The molecule has 0 unspecified atom stereocenters. The van der Waals surface area contributed by atoms with Crippen molar-refractivity contribution < 1.29 is 0 Å². The van der Waals surface area contributed by atoms with Crippen LogP contribution in [0.1, 0.15) is 61.6 Å². The van der Waals surface area contributed by atoms with Crippen LogP contribution in [0.4, 0.5) is 11.4 Å². The zero-order chi connectivity index (χ0) is 22.1. The van der Waals surface area contributed by atoms with Crippen LogP contribution in [0, 0.1) is 0 Å². The van der Waals surface area contributed by atoms with Crippen LogP contribution in [0.2, 0.25) is 0 Å². The molecule has 2 fully saturated rings. The van der Waals surface area contributed by atoms with E-state index in [1.54, 1.807) is 0 Å². The number of aromatic nitrogens is 2. The summed E-state index contributed by atoms with van der Waals surface area (Å²) in [4.78, 5) is 9.10. The number of rotatable bonds is 5. The molecule has 2 aliphatic rings. The van der Waals surface area contributed by atoms with Crippen molar-refractivity contribution in [2.75, 3.05) is 23.9 Å². The second-order valence-electron chi connectivity index (χ2n) is 9.04. The summed E-state index contributed by atoms with van der Waals surface area (Å²) >= 11 is 5.90. The third-order valence-corrected chi connectivity index (χ3v) is 7.14. The number of anilines is 2. The SMILES string of the molecule is CN(C)c1ccc(N2C(=S)N[C@@H](c3ccccn3)[C@H]2c2cccn2C2CCCCC2)cc1. The molecule has 2 aromatic heterocycles. The van der Waals surface area contributed by atoms with E-state index in [0.29, 0.717) is 6.04 Å². The maximum atomic E-state index is 5.90. The summed E-state index contributed by atoms with van der Waals surface area (Å²) in [6.45, 7) is 0. The molecule has 1 N–H and O–H groups in total. The maximum absolute atomic E-state index is 5.90. The number of hydrogen-bond donors (Lipinski definition) is 1. The Kier molecular flexibility index (Phi) is 5.87. The van der Waals surface area contributed by atoms with E-state index in [1.165, 1.54) is 43.5 Å². The smallest absolute Gasteiger partial charge is 0.174 e. The molecule has 1 aromatic carbocycles. The first-order chi connectivity index (χ1) is 15.6. The molecule has 5 nitrogen and oxygen atoms in total. The van der Waals surface area contributed by atoms with Gasteiger partial charge in [0.2, 0.25) is 0 Å². The molecular weight excluding hydrogens is 414 g/mol. The Hall–Kier alpha value is -2.86. The van der Waals surface area contributed by atoms with E-state index >= 15 is 0 Å². The quantitative estimate of drug-likeness (QED) is 0.515. The van der Waals surface area contributed by atoms with E-state index in [0.717, 1.165) is 16.5 Å². The summed E-state index contributed by atoms with van der Waals surface area (Å²) in [7, 11) is 4.13. The molecule has 3 aromatic rings. The zero-order valence-corrected chi connectivity index (χ0v) is 19.6. The maximum Gasteiger partial charge on any atom is 0.174 e. The highest BCUT2D eigenvalue weighted by Gasteiger charge is 2.42. The summed E-state index contributed by atoms with van der Waals surface area (Å²) in [5.74, 6) is 0. The van der Waals surface area contributed by atoms with Gasteiger partial charge in [-0.2, -0.15) is 0 Å². The van der Waals surface area contributed by atoms with Gasteiger partial charge in [-0.15, -0.1) is 0 Å². The summed E-state index contributed by atoms with van der Waals surface area (Å²) in [6.07, 6.45) is 10.6. The minimum absolute atomic E-state index is 0.00512. The van der Waals surface area contributed by atoms with Gasteiger partial charge in [0.1, 0.15) is 6.04 Å². The Morgan fingerprint density at radius 3 is 2.44 bits per heavy atom. The third kappa shape index (κ3) is 3.88. The largest absolute Gasteiger partial charge is 0.378 e. The summed E-state index contributed by atoms with van der Waals surface area (Å²) in [5.41, 5.74) is 4.60. The fourth-order valence-corrected chi connectivity index (χ4v) is 5.54. The van der Waals surface area contributed by atoms with Gasteiger partial charge >= 0.3 is 0 Å². The van der Waals surface area contributed by atoms with Crippen LogP contribution in [0.3, 0.4) is 0 Å². The second kappa shape index (κ2) is 8.94. The number of nitrogens with zero attached hydrogens (tertiary/aromatic N) is 4. The van der Waals surface area contributed by atoms with Gasteiger partial charge in [-0.25, -0.2) is 0 Å². The Morgan fingerprint density at radius 1 is 0.969 bits per heavy atom. The molecule has 3 heterocycles. The molecule has 6 heteroatoms. The summed E-state index contributed by atoms with van der Waals surface area (Å²) in [6, 6.07) is 19.8. The van der Waals surface area contributed by atoms with E-state index in [1.807, 2.05) is 12.3 Å². The van der Waals surface area contributed by atoms with Crippen molar-refractivity contribution in [3.63, 3.8) is 0 Å². The molecule has 5 rings (SSSR count). The topological polar surface area (TPSA) is 36.3 Å². The Balaban J connectivity index is 1.58. The fraction of sp³-hybridized carbons (Fsp3) is 0.385. The second-order valence-corrected chi connectivity index (χ2v) is 9.43. The van der Waals surface area contributed by atoms with Crippen molar-refractivity contribution in [2.45, 2.75) is 50.2 Å². The molecule has 1 saturated carbocycles. The molecule has 32 heavy (non-hydrogen) atoms. The van der Waals surface area contributed by atoms with Crippen LogP contribution in [0.25, 0.3) is 0 Å². The predicted molar refractivity (Wildman–Crippen MR) is 135 cm³/mol. The van der Waals surface area contributed by atoms with Crippen molar-refractivity contribution >= 4 is 28.7 Å². The monoisotopic (exact) mass is 445 g/mol. The third-order valence-electron chi connectivity index (χ3n) is 6.83. The van der Waals surface area contributed by atoms with E-state index in [2.05, 4.69) is 88.5 Å². The standard InChI is InChI=1S/C26H31N5S/c1-29(2)19-13-15-21(16-14-19)31-25(24(28-26(31)32)22-11-6-7-17-27-22)23-12-8-18-30(23)20-9-4-3-5-10-20/h6-8,11-18,20,24-25H,3-5,9-10H2,1-2H3,(H,28,32)/t24-,25+/m0/s1. The molecule has 1 aliphatic carbocycles. The highest BCUT2D eigenvalue weighted by Crippen LogP contribution is 2.43. The summed E-state index contributed by atoms with van der Waals surface area (Å²) in [5, 5.41) is 4.35. The summed E-state index contributed by atoms with van der Waals surface area (Å²) < 4.78 is 2.51. The molecule has 0 amide bonds. The van der Waals surface area contributed by atoms with Gasteiger partial charge in [0, 0.05) is 49.6 Å². The molecule has 166 valence electrons. The van der Waals surface area contributed by atoms with Crippen LogP contribution in [0.5, 0.6) is 0 Å². The van der Waals surface area contributed by atoms with Crippen molar-refractivity contribution in [1.82, 2.24) is 14.9 Å². The number of pyridine rings is 1. The average molecular weight is 446 g/mol. The van der Waals surface area contributed by atoms with E-state index in [-0.39, 0.29) is 12.1 Å². The number of nitrogens with one attached hydrogen (secondary N) is 1. The van der Waals surface area contributed by atoms with Crippen LogP contribution in [0.15, 0.2) is 67.0 Å². The molecule has 0 spiro atoms. The van der Waals surface area contributed by atoms with Gasteiger partial charge in [-0.05, 0) is 73.6 Å². The Bertz CT molecular complexity index is 1050. The average Bonchev–Trinajstić information content (AvgIpc) is 3.44. The first-order valence-electron chi connectivity index (χ1n) is 11.6. The molecule has 2 atom stereocenters. The number of benzene rings is 1. The highest BCUT2D eigenvalue weighted by atomic mass is 32.1. The van der Waals surface area contributed by atoms with Crippen LogP contribution >= 0.6 is 12.2 Å². The van der Waals surface area contributed by atoms with Gasteiger partial charge < -0.3 is 19.7 Å². The van der Waals surface area contributed by atoms with E-state index in [9.17, 15) is 0 Å². The van der Waals surface area contributed by atoms with Crippen molar-refractivity contribution in [3.05, 3.63) is 78.4 Å². The van der Waals surface area contributed by atoms with Crippen molar-refractivity contribution in [3.8, 4) is 0 Å². The Labute approximate surface area is 196 Å². The lowest BCUT2D eigenvalue weighted by atomic mass is 9.94. The predicted octanol–water partition coefficient (Wildman–Crippen LogP) is 5.63. The molecule has 1 aliphatic heterocycles.